The number of carbonyl (C=O) groups excluding carboxylic acids is 1. The van der Waals surface area contributed by atoms with E-state index < -0.39 is 0 Å². The number of rotatable bonds is 5. The summed E-state index contributed by atoms with van der Waals surface area (Å²) >= 11 is 0. The predicted molar refractivity (Wildman–Crippen MR) is 81.0 cm³/mol. The summed E-state index contributed by atoms with van der Waals surface area (Å²) in [6.07, 6.45) is 5.18. The van der Waals surface area contributed by atoms with Gasteiger partial charge in [0.25, 0.3) is 5.91 Å². The normalized spacial score (nSPS) is 16.9. The molecule has 5 nitrogen and oxygen atoms in total. The molecule has 1 aliphatic rings. The van der Waals surface area contributed by atoms with Crippen LogP contribution in [0.2, 0.25) is 0 Å². The maximum Gasteiger partial charge on any atom is 0.269 e. The molecule has 0 aromatic carbocycles. The number of hydrogen-bond donors (Lipinski definition) is 2. The van der Waals surface area contributed by atoms with Gasteiger partial charge in [0, 0.05) is 25.5 Å². The van der Waals surface area contributed by atoms with E-state index in [0.29, 0.717) is 5.69 Å². The van der Waals surface area contributed by atoms with Crippen LogP contribution in [0.4, 0.5) is 5.69 Å². The fourth-order valence-corrected chi connectivity index (χ4v) is 2.54. The quantitative estimate of drug-likeness (QED) is 0.857. The van der Waals surface area contributed by atoms with E-state index in [0.717, 1.165) is 24.6 Å². The topological polar surface area (TPSA) is 57.3 Å². The van der Waals surface area contributed by atoms with Crippen LogP contribution >= 0.6 is 0 Å². The van der Waals surface area contributed by atoms with Crippen molar-refractivity contribution in [2.75, 3.05) is 39.0 Å². The van der Waals surface area contributed by atoms with Gasteiger partial charge in [0.15, 0.2) is 0 Å². The van der Waals surface area contributed by atoms with E-state index in [9.17, 15) is 4.79 Å². The van der Waals surface area contributed by atoms with E-state index in [2.05, 4.69) is 27.6 Å². The molecular formula is C15H24N4O. The lowest BCUT2D eigenvalue weighted by Crippen LogP contribution is -2.32. The second-order valence-electron chi connectivity index (χ2n) is 5.47. The molecule has 20 heavy (non-hydrogen) atoms. The van der Waals surface area contributed by atoms with Gasteiger partial charge in [-0.3, -0.25) is 9.78 Å². The molecule has 1 saturated heterocycles. The molecule has 0 radical (unpaired) electrons. The Kier molecular flexibility index (Phi) is 5.35. The molecule has 1 aliphatic heterocycles. The Bertz CT molecular complexity index is 441. The smallest absolute Gasteiger partial charge is 0.269 e. The summed E-state index contributed by atoms with van der Waals surface area (Å²) in [5, 5.41) is 5.98. The van der Waals surface area contributed by atoms with Crippen LogP contribution in [0.15, 0.2) is 18.3 Å². The second-order valence-corrected chi connectivity index (χ2v) is 5.47. The Hall–Kier alpha value is -1.62. The van der Waals surface area contributed by atoms with Crippen LogP contribution in [0, 0.1) is 5.92 Å². The standard InChI is InChI=1S/C15H24N4O/c1-16-13-4-8-17-14(11-13)15(20)18-7-3-12-5-9-19(2)10-6-12/h4,8,11-12H,3,5-7,9-10H2,1-2H3,(H,16,17)(H,18,20). The Morgan fingerprint density at radius 2 is 2.20 bits per heavy atom. The first-order valence-electron chi connectivity index (χ1n) is 7.29. The second kappa shape index (κ2) is 7.24. The largest absolute Gasteiger partial charge is 0.388 e. The predicted octanol–water partition coefficient (Wildman–Crippen LogP) is 1.58. The van der Waals surface area contributed by atoms with E-state index in [1.807, 2.05) is 13.1 Å². The highest BCUT2D eigenvalue weighted by atomic mass is 16.1. The monoisotopic (exact) mass is 276 g/mol. The van der Waals surface area contributed by atoms with Crippen molar-refractivity contribution < 1.29 is 4.79 Å². The van der Waals surface area contributed by atoms with E-state index >= 15 is 0 Å². The van der Waals surface area contributed by atoms with Crippen molar-refractivity contribution in [2.24, 2.45) is 5.92 Å². The van der Waals surface area contributed by atoms with Crippen LogP contribution in [-0.2, 0) is 0 Å². The highest BCUT2D eigenvalue weighted by Crippen LogP contribution is 2.18. The number of aromatic nitrogens is 1. The summed E-state index contributed by atoms with van der Waals surface area (Å²) in [4.78, 5) is 18.5. The van der Waals surface area contributed by atoms with Crippen LogP contribution < -0.4 is 10.6 Å². The maximum absolute atomic E-state index is 12.0. The SMILES string of the molecule is CNc1ccnc(C(=O)NCCC2CCN(C)CC2)c1. The van der Waals surface area contributed by atoms with Crippen molar-refractivity contribution in [3.63, 3.8) is 0 Å². The summed E-state index contributed by atoms with van der Waals surface area (Å²) in [7, 11) is 4.00. The molecule has 110 valence electrons. The fourth-order valence-electron chi connectivity index (χ4n) is 2.54. The van der Waals surface area contributed by atoms with Crippen molar-refractivity contribution >= 4 is 11.6 Å². The van der Waals surface area contributed by atoms with E-state index in [4.69, 9.17) is 0 Å². The highest BCUT2D eigenvalue weighted by Gasteiger charge is 2.16. The molecule has 1 aromatic heterocycles. The minimum Gasteiger partial charge on any atom is -0.388 e. The average molecular weight is 276 g/mol. The van der Waals surface area contributed by atoms with Crippen molar-refractivity contribution in [3.05, 3.63) is 24.0 Å². The molecule has 0 bridgehead atoms. The minimum atomic E-state index is -0.0879. The lowest BCUT2D eigenvalue weighted by molar-refractivity contribution is 0.0944. The summed E-state index contributed by atoms with van der Waals surface area (Å²) in [6, 6.07) is 3.61. The number of amides is 1. The molecule has 1 amide bonds. The van der Waals surface area contributed by atoms with E-state index in [1.54, 1.807) is 12.3 Å². The number of carbonyl (C=O) groups is 1. The number of anilines is 1. The van der Waals surface area contributed by atoms with Gasteiger partial charge in [-0.25, -0.2) is 0 Å². The van der Waals surface area contributed by atoms with Crippen LogP contribution in [-0.4, -0.2) is 49.5 Å². The molecule has 1 fully saturated rings. The van der Waals surface area contributed by atoms with E-state index in [1.165, 1.54) is 25.9 Å². The lowest BCUT2D eigenvalue weighted by atomic mass is 9.94. The van der Waals surface area contributed by atoms with Gasteiger partial charge in [0.2, 0.25) is 0 Å². The molecule has 5 heteroatoms. The zero-order chi connectivity index (χ0) is 14.4. The van der Waals surface area contributed by atoms with Crippen molar-refractivity contribution in [2.45, 2.75) is 19.3 Å². The number of pyridine rings is 1. The van der Waals surface area contributed by atoms with Crippen LogP contribution in [0.25, 0.3) is 0 Å². The van der Waals surface area contributed by atoms with Crippen molar-refractivity contribution in [3.8, 4) is 0 Å². The molecular weight excluding hydrogens is 252 g/mol. The van der Waals surface area contributed by atoms with E-state index in [-0.39, 0.29) is 5.91 Å². The molecule has 1 aromatic rings. The third-order valence-electron chi connectivity index (χ3n) is 3.96. The van der Waals surface area contributed by atoms with Gasteiger partial charge < -0.3 is 15.5 Å². The molecule has 2 heterocycles. The van der Waals surface area contributed by atoms with Crippen molar-refractivity contribution in [1.82, 2.24) is 15.2 Å². The zero-order valence-electron chi connectivity index (χ0n) is 12.4. The highest BCUT2D eigenvalue weighted by molar-refractivity contribution is 5.93. The Morgan fingerprint density at radius 1 is 1.45 bits per heavy atom. The summed E-state index contributed by atoms with van der Waals surface area (Å²) in [6.45, 7) is 3.08. The first-order chi connectivity index (χ1) is 9.69. The van der Waals surface area contributed by atoms with Crippen LogP contribution in [0.5, 0.6) is 0 Å². The Morgan fingerprint density at radius 3 is 2.90 bits per heavy atom. The van der Waals surface area contributed by atoms with Gasteiger partial charge in [-0.2, -0.15) is 0 Å². The summed E-state index contributed by atoms with van der Waals surface area (Å²) in [5.74, 6) is 0.651. The van der Waals surface area contributed by atoms with Gasteiger partial charge >= 0.3 is 0 Å². The minimum absolute atomic E-state index is 0.0879. The molecule has 0 aliphatic carbocycles. The molecule has 0 unspecified atom stereocenters. The fraction of sp³-hybridized carbons (Fsp3) is 0.600. The zero-order valence-corrected chi connectivity index (χ0v) is 12.4. The Balaban J connectivity index is 1.74. The van der Waals surface area contributed by atoms with Gasteiger partial charge in [-0.15, -0.1) is 0 Å². The third kappa shape index (κ3) is 4.20. The molecule has 0 spiro atoms. The van der Waals surface area contributed by atoms with Gasteiger partial charge in [-0.05, 0) is 57.5 Å². The summed E-state index contributed by atoms with van der Waals surface area (Å²) < 4.78 is 0. The maximum atomic E-state index is 12.0. The van der Waals surface area contributed by atoms with Crippen molar-refractivity contribution in [1.29, 1.82) is 0 Å². The molecule has 2 rings (SSSR count). The summed E-state index contributed by atoms with van der Waals surface area (Å²) in [5.41, 5.74) is 1.38. The number of nitrogens with one attached hydrogen (secondary N) is 2. The number of hydrogen-bond acceptors (Lipinski definition) is 4. The average Bonchev–Trinajstić information content (AvgIpc) is 2.49. The third-order valence-corrected chi connectivity index (χ3v) is 3.96. The lowest BCUT2D eigenvalue weighted by Gasteiger charge is -2.28. The molecule has 0 atom stereocenters. The first-order valence-corrected chi connectivity index (χ1v) is 7.29. The van der Waals surface area contributed by atoms with Gasteiger partial charge in [0.1, 0.15) is 5.69 Å². The van der Waals surface area contributed by atoms with Gasteiger partial charge in [-0.1, -0.05) is 0 Å². The number of piperidine rings is 1. The molecule has 0 saturated carbocycles. The van der Waals surface area contributed by atoms with Crippen LogP contribution in [0.1, 0.15) is 29.8 Å². The Labute approximate surface area is 120 Å². The molecule has 2 N–H and O–H groups in total. The van der Waals surface area contributed by atoms with Crippen LogP contribution in [0.3, 0.4) is 0 Å². The van der Waals surface area contributed by atoms with Gasteiger partial charge in [0.05, 0.1) is 0 Å². The number of likely N-dealkylation sites (tertiary alicyclic amines) is 1. The first kappa shape index (κ1) is 14.8. The number of nitrogens with zero attached hydrogens (tertiary/aromatic N) is 2.